The molecule has 0 heterocycles. The van der Waals surface area contributed by atoms with E-state index in [2.05, 4.69) is 21.9 Å². The number of esters is 1. The molecule has 0 aliphatic heterocycles. The maximum atomic E-state index is 10.8. The Labute approximate surface area is 77.1 Å². The Hall–Kier alpha value is -1.52. The van der Waals surface area contributed by atoms with Gasteiger partial charge in [-0.1, -0.05) is 6.58 Å². The molecular weight excluding hydrogens is 172 g/mol. The van der Waals surface area contributed by atoms with E-state index in [0.29, 0.717) is 13.1 Å². The molecule has 0 fully saturated rings. The molecule has 0 atom stereocenters. The van der Waals surface area contributed by atoms with Crippen LogP contribution in [-0.2, 0) is 9.53 Å². The fourth-order valence-electron chi connectivity index (χ4n) is 0.598. The summed E-state index contributed by atoms with van der Waals surface area (Å²) in [5.41, 5.74) is 0. The Morgan fingerprint density at radius 1 is 1.46 bits per heavy atom. The lowest BCUT2D eigenvalue weighted by Crippen LogP contribution is -2.37. The summed E-state index contributed by atoms with van der Waals surface area (Å²) in [5.74, 6) is -0.488. The molecule has 0 radical (unpaired) electrons. The molecule has 0 saturated heterocycles. The normalized spacial score (nSPS) is 8.69. The van der Waals surface area contributed by atoms with E-state index in [1.807, 2.05) is 6.92 Å². The third kappa shape index (κ3) is 6.86. The van der Waals surface area contributed by atoms with Gasteiger partial charge < -0.3 is 15.4 Å². The molecule has 0 bridgehead atoms. The predicted octanol–water partition coefficient (Wildman–Crippen LogP) is 0.0347. The molecule has 0 saturated carbocycles. The zero-order valence-electron chi connectivity index (χ0n) is 7.63. The molecular formula is C8H14N2O3. The minimum absolute atomic E-state index is 0.155. The van der Waals surface area contributed by atoms with Crippen LogP contribution in [0.4, 0.5) is 4.79 Å². The van der Waals surface area contributed by atoms with Gasteiger partial charge in [-0.3, -0.25) is 0 Å². The van der Waals surface area contributed by atoms with Gasteiger partial charge in [-0.15, -0.1) is 0 Å². The zero-order valence-corrected chi connectivity index (χ0v) is 7.63. The molecule has 0 aliphatic rings. The third-order valence-electron chi connectivity index (χ3n) is 1.14. The van der Waals surface area contributed by atoms with E-state index in [0.717, 1.165) is 6.08 Å². The molecule has 2 amide bonds. The molecule has 0 rings (SSSR count). The fraction of sp³-hybridized carbons (Fsp3) is 0.500. The second-order valence-electron chi connectivity index (χ2n) is 2.16. The Bertz CT molecular complexity index is 192. The van der Waals surface area contributed by atoms with Gasteiger partial charge in [0.05, 0.1) is 6.54 Å². The van der Waals surface area contributed by atoms with Crippen LogP contribution in [0.5, 0.6) is 0 Å². The number of amides is 2. The first-order valence-corrected chi connectivity index (χ1v) is 4.01. The summed E-state index contributed by atoms with van der Waals surface area (Å²) in [7, 11) is 0. The summed E-state index contributed by atoms with van der Waals surface area (Å²) < 4.78 is 4.62. The number of urea groups is 1. The Kier molecular flexibility index (Phi) is 6.31. The first-order valence-electron chi connectivity index (χ1n) is 4.01. The molecule has 0 spiro atoms. The van der Waals surface area contributed by atoms with Crippen LogP contribution in [0, 0.1) is 0 Å². The average molecular weight is 186 g/mol. The van der Waals surface area contributed by atoms with E-state index in [1.54, 1.807) is 0 Å². The van der Waals surface area contributed by atoms with E-state index >= 15 is 0 Å². The van der Waals surface area contributed by atoms with Crippen LogP contribution >= 0.6 is 0 Å². The van der Waals surface area contributed by atoms with Crippen molar-refractivity contribution in [3.05, 3.63) is 12.7 Å². The molecule has 13 heavy (non-hydrogen) atoms. The summed E-state index contributed by atoms with van der Waals surface area (Å²) in [6.07, 6.45) is 1.08. The van der Waals surface area contributed by atoms with Gasteiger partial charge in [0.1, 0.15) is 6.61 Å². The number of rotatable bonds is 5. The predicted molar refractivity (Wildman–Crippen MR) is 48.2 cm³/mol. The second kappa shape index (κ2) is 7.15. The Morgan fingerprint density at radius 3 is 2.69 bits per heavy atom. The van der Waals surface area contributed by atoms with Crippen LogP contribution in [0.1, 0.15) is 6.92 Å². The van der Waals surface area contributed by atoms with Gasteiger partial charge >= 0.3 is 12.0 Å². The quantitative estimate of drug-likeness (QED) is 0.362. The van der Waals surface area contributed by atoms with Crippen molar-refractivity contribution in [2.24, 2.45) is 0 Å². The van der Waals surface area contributed by atoms with Crippen LogP contribution < -0.4 is 10.6 Å². The highest BCUT2D eigenvalue weighted by Gasteiger charge is 1.97. The van der Waals surface area contributed by atoms with Crippen molar-refractivity contribution >= 4 is 12.0 Å². The Balaban J connectivity index is 3.30. The van der Waals surface area contributed by atoms with Gasteiger partial charge in [0.25, 0.3) is 0 Å². The highest BCUT2D eigenvalue weighted by atomic mass is 16.5. The summed E-state index contributed by atoms with van der Waals surface area (Å²) in [6, 6.07) is -0.267. The molecule has 0 aliphatic carbocycles. The number of hydrogen-bond donors (Lipinski definition) is 2. The van der Waals surface area contributed by atoms with Gasteiger partial charge in [-0.05, 0) is 6.92 Å². The first-order chi connectivity index (χ1) is 6.20. The van der Waals surface area contributed by atoms with Crippen molar-refractivity contribution < 1.29 is 14.3 Å². The SMILES string of the molecule is C=CC(=O)OCCNC(=O)NCC. The summed E-state index contributed by atoms with van der Waals surface area (Å²) in [4.78, 5) is 21.3. The first kappa shape index (κ1) is 11.5. The minimum Gasteiger partial charge on any atom is -0.461 e. The van der Waals surface area contributed by atoms with E-state index in [9.17, 15) is 9.59 Å². The van der Waals surface area contributed by atoms with Crippen LogP contribution in [-0.4, -0.2) is 31.7 Å². The molecule has 2 N–H and O–H groups in total. The lowest BCUT2D eigenvalue weighted by atomic mass is 10.6. The summed E-state index contributed by atoms with van der Waals surface area (Å²) in [6.45, 7) is 6.07. The van der Waals surface area contributed by atoms with Crippen molar-refractivity contribution in [3.63, 3.8) is 0 Å². The largest absolute Gasteiger partial charge is 0.461 e. The topological polar surface area (TPSA) is 67.4 Å². The zero-order chi connectivity index (χ0) is 10.1. The summed E-state index contributed by atoms with van der Waals surface area (Å²) >= 11 is 0. The van der Waals surface area contributed by atoms with Crippen LogP contribution in [0.2, 0.25) is 0 Å². The van der Waals surface area contributed by atoms with Gasteiger partial charge in [0.2, 0.25) is 0 Å². The molecule has 0 aromatic carbocycles. The monoisotopic (exact) mass is 186 g/mol. The van der Waals surface area contributed by atoms with Crippen molar-refractivity contribution in [2.45, 2.75) is 6.92 Å². The van der Waals surface area contributed by atoms with Crippen molar-refractivity contribution in [1.29, 1.82) is 0 Å². The molecule has 5 heteroatoms. The van der Waals surface area contributed by atoms with Crippen LogP contribution in [0.3, 0.4) is 0 Å². The number of nitrogens with one attached hydrogen (secondary N) is 2. The highest BCUT2D eigenvalue weighted by Crippen LogP contribution is 1.77. The summed E-state index contributed by atoms with van der Waals surface area (Å²) in [5, 5.41) is 5.04. The molecule has 0 unspecified atom stereocenters. The molecule has 5 nitrogen and oxygen atoms in total. The number of carbonyl (C=O) groups is 2. The van der Waals surface area contributed by atoms with Gasteiger partial charge in [-0.25, -0.2) is 9.59 Å². The average Bonchev–Trinajstić information content (AvgIpc) is 2.12. The van der Waals surface area contributed by atoms with Crippen LogP contribution in [0.15, 0.2) is 12.7 Å². The maximum absolute atomic E-state index is 10.8. The lowest BCUT2D eigenvalue weighted by Gasteiger charge is -2.05. The van der Waals surface area contributed by atoms with E-state index in [-0.39, 0.29) is 12.6 Å². The minimum atomic E-state index is -0.488. The number of ether oxygens (including phenoxy) is 1. The van der Waals surface area contributed by atoms with E-state index in [4.69, 9.17) is 0 Å². The van der Waals surface area contributed by atoms with Crippen molar-refractivity contribution in [2.75, 3.05) is 19.7 Å². The molecule has 0 aromatic heterocycles. The van der Waals surface area contributed by atoms with Gasteiger partial charge in [-0.2, -0.15) is 0 Å². The molecule has 74 valence electrons. The van der Waals surface area contributed by atoms with E-state index < -0.39 is 5.97 Å². The smallest absolute Gasteiger partial charge is 0.330 e. The van der Waals surface area contributed by atoms with E-state index in [1.165, 1.54) is 0 Å². The van der Waals surface area contributed by atoms with Gasteiger partial charge in [0.15, 0.2) is 0 Å². The number of hydrogen-bond acceptors (Lipinski definition) is 3. The number of carbonyl (C=O) groups excluding carboxylic acids is 2. The standard InChI is InChI=1S/C8H14N2O3/c1-3-7(11)13-6-5-10-8(12)9-4-2/h3H,1,4-6H2,2H3,(H2,9,10,12). The fourth-order valence-corrected chi connectivity index (χ4v) is 0.598. The third-order valence-corrected chi connectivity index (χ3v) is 1.14. The Morgan fingerprint density at radius 2 is 2.15 bits per heavy atom. The van der Waals surface area contributed by atoms with Crippen molar-refractivity contribution in [1.82, 2.24) is 10.6 Å². The maximum Gasteiger partial charge on any atom is 0.330 e. The highest BCUT2D eigenvalue weighted by molar-refractivity contribution is 5.81. The second-order valence-corrected chi connectivity index (χ2v) is 2.16. The van der Waals surface area contributed by atoms with Crippen molar-refractivity contribution in [3.8, 4) is 0 Å². The van der Waals surface area contributed by atoms with Gasteiger partial charge in [0, 0.05) is 12.6 Å². The lowest BCUT2D eigenvalue weighted by molar-refractivity contribution is -0.137. The molecule has 0 aromatic rings. The van der Waals surface area contributed by atoms with Crippen LogP contribution in [0.25, 0.3) is 0 Å².